The minimum atomic E-state index is -0.448. The van der Waals surface area contributed by atoms with Gasteiger partial charge in [-0.05, 0) is 33.6 Å². The second kappa shape index (κ2) is 6.94. The van der Waals surface area contributed by atoms with Crippen LogP contribution in [-0.4, -0.2) is 40.7 Å². The highest BCUT2D eigenvalue weighted by Crippen LogP contribution is 2.19. The maximum atomic E-state index is 12.1. The molecule has 0 saturated carbocycles. The number of ether oxygens (including phenoxy) is 1. The number of hydrogen-bond donors (Lipinski definition) is 1. The molecule has 1 aliphatic rings. The molecule has 1 fully saturated rings. The molecule has 2 rings (SSSR count). The Hall–Kier alpha value is -0.850. The minimum absolute atomic E-state index is 0.227. The number of hydrogen-bond acceptors (Lipinski definition) is 5. The van der Waals surface area contributed by atoms with E-state index in [4.69, 9.17) is 16.3 Å². The molecular weight excluding hydrogens is 310 g/mol. The first kappa shape index (κ1) is 16.5. The molecule has 0 aliphatic carbocycles. The van der Waals surface area contributed by atoms with Crippen LogP contribution in [0.2, 0.25) is 4.47 Å². The summed E-state index contributed by atoms with van der Waals surface area (Å²) >= 11 is 7.30. The van der Waals surface area contributed by atoms with Crippen molar-refractivity contribution in [2.75, 3.05) is 13.1 Å². The molecule has 1 atom stereocenters. The van der Waals surface area contributed by atoms with Gasteiger partial charge < -0.3 is 15.0 Å². The first-order valence-corrected chi connectivity index (χ1v) is 8.34. The number of likely N-dealkylation sites (tertiary alicyclic amines) is 1. The third kappa shape index (κ3) is 5.45. The van der Waals surface area contributed by atoms with Crippen LogP contribution >= 0.6 is 22.9 Å². The lowest BCUT2D eigenvalue weighted by atomic mass is 10.1. The van der Waals surface area contributed by atoms with Crippen LogP contribution < -0.4 is 5.32 Å². The van der Waals surface area contributed by atoms with E-state index in [2.05, 4.69) is 10.3 Å². The van der Waals surface area contributed by atoms with Crippen molar-refractivity contribution in [1.29, 1.82) is 0 Å². The highest BCUT2D eigenvalue weighted by atomic mass is 35.5. The van der Waals surface area contributed by atoms with Gasteiger partial charge in [0, 0.05) is 36.8 Å². The van der Waals surface area contributed by atoms with E-state index in [1.807, 2.05) is 20.8 Å². The lowest BCUT2D eigenvalue weighted by Gasteiger charge is -2.34. The maximum Gasteiger partial charge on any atom is 0.410 e. The summed E-state index contributed by atoms with van der Waals surface area (Å²) in [6, 6.07) is 0.284. The predicted octanol–water partition coefficient (Wildman–Crippen LogP) is 3.29. The molecule has 0 spiro atoms. The van der Waals surface area contributed by atoms with Gasteiger partial charge in [-0.3, -0.25) is 0 Å². The average molecular weight is 332 g/mol. The van der Waals surface area contributed by atoms with Gasteiger partial charge >= 0.3 is 6.09 Å². The van der Waals surface area contributed by atoms with Crippen LogP contribution in [0.5, 0.6) is 0 Å². The van der Waals surface area contributed by atoms with Crippen LogP contribution in [0.25, 0.3) is 0 Å². The first-order valence-electron chi connectivity index (χ1n) is 7.15. The van der Waals surface area contributed by atoms with Gasteiger partial charge in [0.05, 0.1) is 0 Å². The molecule has 1 aromatic heterocycles. The summed E-state index contributed by atoms with van der Waals surface area (Å²) in [6.07, 6.45) is 3.61. The van der Waals surface area contributed by atoms with E-state index in [0.29, 0.717) is 11.0 Å². The summed E-state index contributed by atoms with van der Waals surface area (Å²) < 4.78 is 5.99. The van der Waals surface area contributed by atoms with E-state index in [-0.39, 0.29) is 12.1 Å². The SMILES string of the molecule is CC(C)(C)OC(=O)N1CCC[C@@H](NCc2cnc(Cl)s2)C1. The molecule has 1 amide bonds. The molecule has 1 saturated heterocycles. The average Bonchev–Trinajstić information content (AvgIpc) is 2.81. The fraction of sp³-hybridized carbons (Fsp3) is 0.714. The Labute approximate surface area is 134 Å². The fourth-order valence-electron chi connectivity index (χ4n) is 2.25. The highest BCUT2D eigenvalue weighted by Gasteiger charge is 2.27. The van der Waals surface area contributed by atoms with Gasteiger partial charge in [-0.1, -0.05) is 11.6 Å². The van der Waals surface area contributed by atoms with Crippen LogP contribution in [-0.2, 0) is 11.3 Å². The smallest absolute Gasteiger partial charge is 0.410 e. The number of thiazole rings is 1. The number of nitrogens with one attached hydrogen (secondary N) is 1. The van der Waals surface area contributed by atoms with Crippen LogP contribution in [0.15, 0.2) is 6.20 Å². The number of aromatic nitrogens is 1. The number of carbonyl (C=O) groups excluding carboxylic acids is 1. The number of rotatable bonds is 3. The van der Waals surface area contributed by atoms with Crippen molar-refractivity contribution in [1.82, 2.24) is 15.2 Å². The van der Waals surface area contributed by atoms with E-state index in [0.717, 1.165) is 30.8 Å². The van der Waals surface area contributed by atoms with Crippen molar-refractivity contribution in [2.24, 2.45) is 0 Å². The van der Waals surface area contributed by atoms with E-state index in [1.54, 1.807) is 11.1 Å². The summed E-state index contributed by atoms with van der Waals surface area (Å²) in [5.74, 6) is 0. The molecule has 0 unspecified atom stereocenters. The molecule has 0 bridgehead atoms. The Kier molecular flexibility index (Phi) is 5.46. The maximum absolute atomic E-state index is 12.1. The zero-order chi connectivity index (χ0) is 15.5. The third-order valence-corrected chi connectivity index (χ3v) is 4.28. The van der Waals surface area contributed by atoms with Gasteiger partial charge in [0.25, 0.3) is 0 Å². The normalized spacial score (nSPS) is 19.6. The van der Waals surface area contributed by atoms with Crippen molar-refractivity contribution in [3.63, 3.8) is 0 Å². The Morgan fingerprint density at radius 1 is 1.62 bits per heavy atom. The zero-order valence-electron chi connectivity index (χ0n) is 12.7. The largest absolute Gasteiger partial charge is 0.444 e. The zero-order valence-corrected chi connectivity index (χ0v) is 14.3. The van der Waals surface area contributed by atoms with E-state index in [1.165, 1.54) is 11.3 Å². The minimum Gasteiger partial charge on any atom is -0.444 e. The summed E-state index contributed by atoms with van der Waals surface area (Å²) in [5, 5.41) is 3.46. The Morgan fingerprint density at radius 3 is 3.00 bits per heavy atom. The van der Waals surface area contributed by atoms with Gasteiger partial charge in [-0.25, -0.2) is 9.78 Å². The number of halogens is 1. The third-order valence-electron chi connectivity index (χ3n) is 3.16. The first-order chi connectivity index (χ1) is 9.83. The molecule has 2 heterocycles. The molecule has 5 nitrogen and oxygen atoms in total. The summed E-state index contributed by atoms with van der Waals surface area (Å²) in [4.78, 5) is 19.0. The Balaban J connectivity index is 1.81. The van der Waals surface area contributed by atoms with Crippen molar-refractivity contribution < 1.29 is 9.53 Å². The highest BCUT2D eigenvalue weighted by molar-refractivity contribution is 7.15. The fourth-order valence-corrected chi connectivity index (χ4v) is 3.18. The van der Waals surface area contributed by atoms with Crippen molar-refractivity contribution in [3.05, 3.63) is 15.5 Å². The predicted molar refractivity (Wildman–Crippen MR) is 84.8 cm³/mol. The van der Waals surface area contributed by atoms with Crippen molar-refractivity contribution >= 4 is 29.0 Å². The Morgan fingerprint density at radius 2 is 2.38 bits per heavy atom. The van der Waals surface area contributed by atoms with Crippen molar-refractivity contribution in [2.45, 2.75) is 51.8 Å². The molecule has 1 N–H and O–H groups in total. The molecular formula is C14H22ClN3O2S. The lowest BCUT2D eigenvalue weighted by Crippen LogP contribution is -2.49. The van der Waals surface area contributed by atoms with Gasteiger partial charge in [0.2, 0.25) is 0 Å². The van der Waals surface area contributed by atoms with Crippen molar-refractivity contribution in [3.8, 4) is 0 Å². The van der Waals surface area contributed by atoms with E-state index < -0.39 is 5.60 Å². The molecule has 118 valence electrons. The summed E-state index contributed by atoms with van der Waals surface area (Å²) in [6.45, 7) is 7.84. The van der Waals surface area contributed by atoms with Gasteiger partial charge in [-0.15, -0.1) is 11.3 Å². The summed E-state index contributed by atoms with van der Waals surface area (Å²) in [5.41, 5.74) is -0.448. The van der Waals surface area contributed by atoms with Gasteiger partial charge in [-0.2, -0.15) is 0 Å². The Bertz CT molecular complexity index is 487. The van der Waals surface area contributed by atoms with Crippen LogP contribution in [0.1, 0.15) is 38.5 Å². The second-order valence-electron chi connectivity index (χ2n) is 6.23. The molecule has 7 heteroatoms. The van der Waals surface area contributed by atoms with E-state index >= 15 is 0 Å². The number of piperidine rings is 1. The molecule has 1 aliphatic heterocycles. The van der Waals surface area contributed by atoms with Crippen LogP contribution in [0.3, 0.4) is 0 Å². The number of carbonyl (C=O) groups is 1. The van der Waals surface area contributed by atoms with Gasteiger partial charge in [0.1, 0.15) is 5.60 Å². The van der Waals surface area contributed by atoms with Gasteiger partial charge in [0.15, 0.2) is 4.47 Å². The van der Waals surface area contributed by atoms with Crippen LogP contribution in [0, 0.1) is 0 Å². The van der Waals surface area contributed by atoms with E-state index in [9.17, 15) is 4.79 Å². The monoisotopic (exact) mass is 331 g/mol. The molecule has 1 aromatic rings. The molecule has 0 radical (unpaired) electrons. The standard InChI is InChI=1S/C14H22ClN3O2S/c1-14(2,3)20-13(19)18-6-4-5-10(9-18)16-7-11-8-17-12(15)21-11/h8,10,16H,4-7,9H2,1-3H3/t10-/m1/s1. The molecule has 0 aromatic carbocycles. The second-order valence-corrected chi connectivity index (χ2v) is 7.92. The topological polar surface area (TPSA) is 54.5 Å². The summed E-state index contributed by atoms with van der Waals surface area (Å²) in [7, 11) is 0. The van der Waals surface area contributed by atoms with Crippen LogP contribution in [0.4, 0.5) is 4.79 Å². The number of nitrogens with zero attached hydrogens (tertiary/aromatic N) is 2. The lowest BCUT2D eigenvalue weighted by molar-refractivity contribution is 0.0187. The molecule has 21 heavy (non-hydrogen) atoms. The number of amides is 1. The quantitative estimate of drug-likeness (QED) is 0.923.